The van der Waals surface area contributed by atoms with Gasteiger partial charge in [-0.1, -0.05) is 17.7 Å². The molecule has 0 radical (unpaired) electrons. The van der Waals surface area contributed by atoms with Crippen molar-refractivity contribution in [1.29, 1.82) is 0 Å². The summed E-state index contributed by atoms with van der Waals surface area (Å²) in [7, 11) is 0. The molecule has 1 aromatic rings. The largest absolute Gasteiger partial charge is 0.268 e. The molecule has 0 N–H and O–H groups in total. The van der Waals surface area contributed by atoms with Crippen LogP contribution in [0.3, 0.4) is 0 Å². The highest BCUT2D eigenvalue weighted by Gasteiger charge is 1.98. The topological polar surface area (TPSA) is 12.4 Å². The number of nitrogens with zero attached hydrogens (tertiary/aromatic N) is 1. The van der Waals surface area contributed by atoms with Crippen LogP contribution in [0.25, 0.3) is 0 Å². The van der Waals surface area contributed by atoms with Crippen LogP contribution in [0.1, 0.15) is 5.56 Å². The summed E-state index contributed by atoms with van der Waals surface area (Å²) in [6.07, 6.45) is 1.64. The van der Waals surface area contributed by atoms with Crippen molar-refractivity contribution >= 4 is 16.8 Å². The summed E-state index contributed by atoms with van der Waals surface area (Å²) in [5.41, 5.74) is 0.713. The molecule has 0 aliphatic carbocycles. The minimum absolute atomic E-state index is 0.281. The fourth-order valence-electron chi connectivity index (χ4n) is 0.823. The molecule has 0 amide bonds. The highest BCUT2D eigenvalue weighted by molar-refractivity contribution is 6.69. The molecule has 0 saturated heterocycles. The van der Waals surface area contributed by atoms with E-state index in [-0.39, 0.29) is 5.82 Å². The van der Waals surface area contributed by atoms with Crippen LogP contribution in [0.2, 0.25) is 0 Å². The lowest BCUT2D eigenvalue weighted by molar-refractivity contribution is 0.628. The van der Waals surface area contributed by atoms with Gasteiger partial charge < -0.3 is 0 Å². The molecule has 0 fully saturated rings. The van der Waals surface area contributed by atoms with Crippen molar-refractivity contribution in [1.82, 2.24) is 0 Å². The second-order valence-corrected chi connectivity index (χ2v) is 2.79. The van der Waals surface area contributed by atoms with Gasteiger partial charge in [-0.2, -0.15) is 0 Å². The van der Waals surface area contributed by atoms with Gasteiger partial charge >= 0.3 is 0 Å². The molecule has 0 unspecified atom stereocenters. The lowest BCUT2D eigenvalue weighted by Crippen LogP contribution is -1.92. The number of hydrogen-bond donors (Lipinski definition) is 0. The first-order chi connectivity index (χ1) is 6.24. The Labute approximate surface area is 81.6 Å². The fourth-order valence-corrected chi connectivity index (χ4v) is 1.02. The van der Waals surface area contributed by atoms with Crippen molar-refractivity contribution in [2.24, 2.45) is 4.99 Å². The number of hydrogen-bond acceptors (Lipinski definition) is 1. The minimum Gasteiger partial charge on any atom is -0.268 e. The molecule has 13 heavy (non-hydrogen) atoms. The first-order valence-corrected chi connectivity index (χ1v) is 4.18. The zero-order valence-corrected chi connectivity index (χ0v) is 7.76. The molecule has 0 aromatic heterocycles. The maximum atomic E-state index is 12.5. The van der Waals surface area contributed by atoms with Crippen molar-refractivity contribution in [2.45, 2.75) is 0 Å². The molecular weight excluding hydrogens is 189 g/mol. The van der Waals surface area contributed by atoms with E-state index < -0.39 is 0 Å². The second kappa shape index (κ2) is 4.77. The first kappa shape index (κ1) is 9.93. The molecule has 68 valence electrons. The van der Waals surface area contributed by atoms with E-state index in [4.69, 9.17) is 11.6 Å². The Balaban J connectivity index is 2.82. The van der Waals surface area contributed by atoms with Gasteiger partial charge in [0.15, 0.2) is 0 Å². The van der Waals surface area contributed by atoms with Gasteiger partial charge in [-0.25, -0.2) is 4.39 Å². The van der Waals surface area contributed by atoms with Gasteiger partial charge in [-0.15, -0.1) is 6.58 Å². The Hall–Kier alpha value is -1.15. The normalized spacial score (nSPS) is 11.4. The Bertz CT molecular complexity index is 316. The van der Waals surface area contributed by atoms with Crippen LogP contribution < -0.4 is 0 Å². The van der Waals surface area contributed by atoms with Crippen molar-refractivity contribution < 1.29 is 4.39 Å². The lowest BCUT2D eigenvalue weighted by atomic mass is 10.2. The monoisotopic (exact) mass is 197 g/mol. The third-order valence-corrected chi connectivity index (χ3v) is 1.78. The van der Waals surface area contributed by atoms with Crippen LogP contribution in [-0.2, 0) is 0 Å². The summed E-state index contributed by atoms with van der Waals surface area (Å²) >= 11 is 5.82. The predicted octanol–water partition coefficient (Wildman–Crippen LogP) is 3.00. The number of aliphatic imine (C=N–C) groups is 1. The van der Waals surface area contributed by atoms with Gasteiger partial charge in [0.25, 0.3) is 0 Å². The maximum Gasteiger partial charge on any atom is 0.131 e. The van der Waals surface area contributed by atoms with Gasteiger partial charge in [0.2, 0.25) is 0 Å². The van der Waals surface area contributed by atoms with E-state index in [1.54, 1.807) is 18.2 Å². The van der Waals surface area contributed by atoms with Crippen LogP contribution in [0.4, 0.5) is 4.39 Å². The van der Waals surface area contributed by atoms with E-state index in [0.29, 0.717) is 17.3 Å². The van der Waals surface area contributed by atoms with E-state index >= 15 is 0 Å². The second-order valence-electron chi connectivity index (χ2n) is 2.43. The summed E-state index contributed by atoms with van der Waals surface area (Å²) in [5, 5.41) is 0.375. The quantitative estimate of drug-likeness (QED) is 0.522. The average Bonchev–Trinajstić information content (AvgIpc) is 2.15. The highest BCUT2D eigenvalue weighted by atomic mass is 35.5. The van der Waals surface area contributed by atoms with Gasteiger partial charge in [0.05, 0.1) is 6.54 Å². The van der Waals surface area contributed by atoms with Crippen LogP contribution >= 0.6 is 11.6 Å². The van der Waals surface area contributed by atoms with Crippen LogP contribution in [-0.4, -0.2) is 11.7 Å². The van der Waals surface area contributed by atoms with Crippen molar-refractivity contribution in [3.05, 3.63) is 48.3 Å². The van der Waals surface area contributed by atoms with Crippen molar-refractivity contribution in [2.75, 3.05) is 6.54 Å². The standard InChI is InChI=1S/C10H9ClFN/c1-2-7-13-10(11)8-3-5-9(12)6-4-8/h2-6H,1,7H2. The lowest BCUT2D eigenvalue weighted by Gasteiger charge is -1.96. The van der Waals surface area contributed by atoms with E-state index in [9.17, 15) is 4.39 Å². The summed E-state index contributed by atoms with van der Waals surface area (Å²) in [5.74, 6) is -0.281. The Morgan fingerprint density at radius 2 is 2.08 bits per heavy atom. The molecule has 0 saturated carbocycles. The summed E-state index contributed by atoms with van der Waals surface area (Å²) in [6.45, 7) is 3.98. The van der Waals surface area contributed by atoms with Gasteiger partial charge in [0, 0.05) is 5.56 Å². The van der Waals surface area contributed by atoms with E-state index in [0.717, 1.165) is 0 Å². The van der Waals surface area contributed by atoms with Gasteiger partial charge in [-0.05, 0) is 24.3 Å². The van der Waals surface area contributed by atoms with E-state index in [1.165, 1.54) is 12.1 Å². The molecule has 0 heterocycles. The zero-order chi connectivity index (χ0) is 9.68. The molecule has 0 spiro atoms. The van der Waals surface area contributed by atoms with Gasteiger partial charge in [-0.3, -0.25) is 4.99 Å². The molecule has 0 bridgehead atoms. The molecule has 0 aliphatic rings. The molecule has 0 aliphatic heterocycles. The molecule has 1 nitrogen and oxygen atoms in total. The summed E-state index contributed by atoms with van der Waals surface area (Å²) in [4.78, 5) is 3.98. The summed E-state index contributed by atoms with van der Waals surface area (Å²) in [6, 6.07) is 5.87. The maximum absolute atomic E-state index is 12.5. The van der Waals surface area contributed by atoms with E-state index in [1.807, 2.05) is 0 Å². The minimum atomic E-state index is -0.281. The smallest absolute Gasteiger partial charge is 0.131 e. The summed E-state index contributed by atoms with van der Waals surface area (Å²) < 4.78 is 12.5. The van der Waals surface area contributed by atoms with Gasteiger partial charge in [0.1, 0.15) is 11.0 Å². The van der Waals surface area contributed by atoms with Crippen molar-refractivity contribution in [3.8, 4) is 0 Å². The Morgan fingerprint density at radius 1 is 1.46 bits per heavy atom. The third-order valence-electron chi connectivity index (χ3n) is 1.44. The highest BCUT2D eigenvalue weighted by Crippen LogP contribution is 2.06. The van der Waals surface area contributed by atoms with Crippen LogP contribution in [0.5, 0.6) is 0 Å². The Kier molecular flexibility index (Phi) is 3.65. The molecule has 3 heteroatoms. The number of benzene rings is 1. The zero-order valence-electron chi connectivity index (χ0n) is 7.00. The average molecular weight is 198 g/mol. The molecule has 1 aromatic carbocycles. The number of halogens is 2. The molecule has 0 atom stereocenters. The van der Waals surface area contributed by atoms with Crippen LogP contribution in [0.15, 0.2) is 41.9 Å². The van der Waals surface area contributed by atoms with Crippen molar-refractivity contribution in [3.63, 3.8) is 0 Å². The SMILES string of the molecule is C=CCN=C(Cl)c1ccc(F)cc1. The van der Waals surface area contributed by atoms with E-state index in [2.05, 4.69) is 11.6 Å². The molecular formula is C10H9ClFN. The first-order valence-electron chi connectivity index (χ1n) is 3.81. The fraction of sp³-hybridized carbons (Fsp3) is 0.100. The Morgan fingerprint density at radius 3 is 2.62 bits per heavy atom. The third kappa shape index (κ3) is 2.99. The van der Waals surface area contributed by atoms with Crippen LogP contribution in [0, 0.1) is 5.82 Å². The number of rotatable bonds is 3. The predicted molar refractivity (Wildman–Crippen MR) is 53.9 cm³/mol. The molecule has 1 rings (SSSR count).